The van der Waals surface area contributed by atoms with Crippen molar-refractivity contribution in [1.29, 1.82) is 0 Å². The zero-order chi connectivity index (χ0) is 11.3. The van der Waals surface area contributed by atoms with Crippen LogP contribution in [0.3, 0.4) is 0 Å². The lowest BCUT2D eigenvalue weighted by Crippen LogP contribution is -2.14. The second kappa shape index (κ2) is 4.79. The van der Waals surface area contributed by atoms with Crippen LogP contribution in [0.4, 0.5) is 13.2 Å². The third kappa shape index (κ3) is 4.46. The molecule has 0 saturated carbocycles. The summed E-state index contributed by atoms with van der Waals surface area (Å²) in [6.07, 6.45) is -0.562. The number of alkyl halides is 3. The van der Waals surface area contributed by atoms with Crippen molar-refractivity contribution < 1.29 is 17.7 Å². The SMILES string of the molecule is C#CCNCc1nc(CC(F)(F)F)no1. The quantitative estimate of drug-likeness (QED) is 0.603. The van der Waals surface area contributed by atoms with E-state index >= 15 is 0 Å². The van der Waals surface area contributed by atoms with Gasteiger partial charge in [0, 0.05) is 0 Å². The predicted octanol–water partition coefficient (Wildman–Crippen LogP) is 0.897. The van der Waals surface area contributed by atoms with E-state index in [2.05, 4.69) is 25.9 Å². The largest absolute Gasteiger partial charge is 0.396 e. The third-order valence-electron chi connectivity index (χ3n) is 1.37. The van der Waals surface area contributed by atoms with Gasteiger partial charge in [-0.05, 0) is 0 Å². The predicted molar refractivity (Wildman–Crippen MR) is 44.6 cm³/mol. The molecule has 1 heterocycles. The molecule has 1 aromatic heterocycles. The minimum atomic E-state index is -4.33. The molecule has 0 aliphatic rings. The normalized spacial score (nSPS) is 11.3. The summed E-state index contributed by atoms with van der Waals surface area (Å²) in [5, 5.41) is 5.90. The van der Waals surface area contributed by atoms with E-state index in [0.717, 1.165) is 0 Å². The summed E-state index contributed by atoms with van der Waals surface area (Å²) < 4.78 is 40.2. The fraction of sp³-hybridized carbons (Fsp3) is 0.500. The topological polar surface area (TPSA) is 51.0 Å². The molecule has 1 N–H and O–H groups in total. The van der Waals surface area contributed by atoms with Crippen LogP contribution in [0.5, 0.6) is 0 Å². The Hall–Kier alpha value is -1.55. The first kappa shape index (κ1) is 11.5. The van der Waals surface area contributed by atoms with E-state index < -0.39 is 12.6 Å². The number of nitrogens with zero attached hydrogens (tertiary/aromatic N) is 2. The van der Waals surface area contributed by atoms with Gasteiger partial charge in [-0.1, -0.05) is 11.1 Å². The highest BCUT2D eigenvalue weighted by atomic mass is 19.4. The molecule has 0 amide bonds. The van der Waals surface area contributed by atoms with Crippen LogP contribution < -0.4 is 5.32 Å². The number of hydrogen-bond acceptors (Lipinski definition) is 4. The van der Waals surface area contributed by atoms with Crippen LogP contribution in [0.1, 0.15) is 11.7 Å². The fourth-order valence-electron chi connectivity index (χ4n) is 0.855. The summed E-state index contributed by atoms with van der Waals surface area (Å²) in [4.78, 5) is 3.54. The van der Waals surface area contributed by atoms with Crippen LogP contribution >= 0.6 is 0 Å². The van der Waals surface area contributed by atoms with Gasteiger partial charge in [-0.15, -0.1) is 6.42 Å². The van der Waals surface area contributed by atoms with E-state index in [1.54, 1.807) is 0 Å². The maximum atomic E-state index is 11.9. The molecular weight excluding hydrogens is 211 g/mol. The van der Waals surface area contributed by atoms with Gasteiger partial charge >= 0.3 is 6.18 Å². The smallest absolute Gasteiger partial charge is 0.338 e. The van der Waals surface area contributed by atoms with E-state index in [1.165, 1.54) is 0 Å². The average molecular weight is 219 g/mol. The molecule has 0 saturated heterocycles. The molecule has 1 aromatic rings. The van der Waals surface area contributed by atoms with Crippen LogP contribution in [-0.4, -0.2) is 22.9 Å². The van der Waals surface area contributed by atoms with Crippen molar-refractivity contribution in [2.45, 2.75) is 19.1 Å². The van der Waals surface area contributed by atoms with Crippen LogP contribution in [0.2, 0.25) is 0 Å². The molecule has 82 valence electrons. The van der Waals surface area contributed by atoms with Crippen LogP contribution in [0.25, 0.3) is 0 Å². The summed E-state index contributed by atoms with van der Waals surface area (Å²) in [7, 11) is 0. The van der Waals surface area contributed by atoms with Crippen LogP contribution in [-0.2, 0) is 13.0 Å². The summed E-state index contributed by atoms with van der Waals surface area (Å²) >= 11 is 0. The van der Waals surface area contributed by atoms with E-state index in [0.29, 0.717) is 0 Å². The number of halogens is 3. The third-order valence-corrected chi connectivity index (χ3v) is 1.37. The first-order valence-electron chi connectivity index (χ1n) is 4.03. The maximum absolute atomic E-state index is 11.9. The molecule has 0 aliphatic carbocycles. The molecule has 4 nitrogen and oxygen atoms in total. The molecule has 0 aliphatic heterocycles. The van der Waals surface area contributed by atoms with E-state index in [-0.39, 0.29) is 24.8 Å². The van der Waals surface area contributed by atoms with Crippen molar-refractivity contribution in [1.82, 2.24) is 15.5 Å². The number of hydrogen-bond donors (Lipinski definition) is 1. The molecule has 7 heteroatoms. The van der Waals surface area contributed by atoms with Gasteiger partial charge in [-0.3, -0.25) is 5.32 Å². The van der Waals surface area contributed by atoms with Gasteiger partial charge in [0.05, 0.1) is 13.1 Å². The monoisotopic (exact) mass is 219 g/mol. The Balaban J connectivity index is 2.46. The summed E-state index contributed by atoms with van der Waals surface area (Å²) in [6.45, 7) is 0.450. The first-order chi connectivity index (χ1) is 7.01. The van der Waals surface area contributed by atoms with Gasteiger partial charge < -0.3 is 4.52 Å². The zero-order valence-electron chi connectivity index (χ0n) is 7.64. The Labute approximate surface area is 83.9 Å². The van der Waals surface area contributed by atoms with E-state index in [9.17, 15) is 13.2 Å². The Morgan fingerprint density at radius 1 is 1.47 bits per heavy atom. The van der Waals surface area contributed by atoms with Gasteiger partial charge in [0.1, 0.15) is 6.42 Å². The minimum Gasteiger partial charge on any atom is -0.338 e. The molecule has 0 unspecified atom stereocenters. The highest BCUT2D eigenvalue weighted by Crippen LogP contribution is 2.19. The molecule has 0 radical (unpaired) electrons. The highest BCUT2D eigenvalue weighted by Gasteiger charge is 2.30. The number of aromatic nitrogens is 2. The number of terminal acetylenes is 1. The van der Waals surface area contributed by atoms with Crippen molar-refractivity contribution in [2.24, 2.45) is 0 Å². The van der Waals surface area contributed by atoms with Gasteiger partial charge in [0.15, 0.2) is 5.82 Å². The lowest BCUT2D eigenvalue weighted by atomic mass is 10.4. The second-order valence-electron chi connectivity index (χ2n) is 2.70. The van der Waals surface area contributed by atoms with Crippen molar-refractivity contribution >= 4 is 0 Å². The fourth-order valence-corrected chi connectivity index (χ4v) is 0.855. The van der Waals surface area contributed by atoms with Gasteiger partial charge in [0.2, 0.25) is 5.89 Å². The van der Waals surface area contributed by atoms with Gasteiger partial charge in [-0.25, -0.2) is 0 Å². The van der Waals surface area contributed by atoms with E-state index in [4.69, 9.17) is 6.42 Å². The Morgan fingerprint density at radius 3 is 2.80 bits per heavy atom. The molecule has 0 aromatic carbocycles. The molecule has 15 heavy (non-hydrogen) atoms. The minimum absolute atomic E-state index is 0.0875. The summed E-state index contributed by atoms with van der Waals surface area (Å²) in [5.74, 6) is 2.01. The standard InChI is InChI=1S/C8H8F3N3O/c1-2-3-12-5-7-13-6(14-15-7)4-8(9,10)11/h1,12H,3-5H2. The Kier molecular flexibility index (Phi) is 3.68. The summed E-state index contributed by atoms with van der Waals surface area (Å²) in [6, 6.07) is 0. The van der Waals surface area contributed by atoms with Gasteiger partial charge in [0.25, 0.3) is 0 Å². The Bertz CT molecular complexity index is 353. The highest BCUT2D eigenvalue weighted by molar-refractivity contribution is 4.91. The lowest BCUT2D eigenvalue weighted by Gasteiger charge is -1.99. The van der Waals surface area contributed by atoms with Crippen molar-refractivity contribution in [3.8, 4) is 12.3 Å². The molecule has 1 rings (SSSR count). The molecule has 0 bridgehead atoms. The van der Waals surface area contributed by atoms with Crippen molar-refractivity contribution in [3.63, 3.8) is 0 Å². The maximum Gasteiger partial charge on any atom is 0.396 e. The second-order valence-corrected chi connectivity index (χ2v) is 2.70. The zero-order valence-corrected chi connectivity index (χ0v) is 7.64. The molecule has 0 spiro atoms. The summed E-state index contributed by atoms with van der Waals surface area (Å²) in [5.41, 5.74) is 0. The molecule has 0 atom stereocenters. The van der Waals surface area contributed by atoms with Crippen molar-refractivity contribution in [2.75, 3.05) is 6.54 Å². The lowest BCUT2D eigenvalue weighted by molar-refractivity contribution is -0.128. The Morgan fingerprint density at radius 2 is 2.20 bits per heavy atom. The average Bonchev–Trinajstić information content (AvgIpc) is 2.50. The van der Waals surface area contributed by atoms with Crippen LogP contribution in [0, 0.1) is 12.3 Å². The van der Waals surface area contributed by atoms with E-state index in [1.807, 2.05) is 0 Å². The number of rotatable bonds is 4. The molecular formula is C8H8F3N3O. The first-order valence-corrected chi connectivity index (χ1v) is 4.03. The molecule has 0 fully saturated rings. The number of nitrogens with one attached hydrogen (secondary N) is 1. The van der Waals surface area contributed by atoms with Crippen molar-refractivity contribution in [3.05, 3.63) is 11.7 Å². The van der Waals surface area contributed by atoms with Gasteiger partial charge in [-0.2, -0.15) is 18.2 Å². The van der Waals surface area contributed by atoms with Crippen LogP contribution in [0.15, 0.2) is 4.52 Å².